The minimum absolute atomic E-state index is 0. The van der Waals surface area contributed by atoms with Gasteiger partial charge in [0.1, 0.15) is 0 Å². The van der Waals surface area contributed by atoms with Crippen molar-refractivity contribution in [1.29, 1.82) is 0 Å². The molecule has 0 bridgehead atoms. The Hall–Kier alpha value is -0.138. The Labute approximate surface area is 65.7 Å². The van der Waals surface area contributed by atoms with Gasteiger partial charge in [-0.3, -0.25) is 0 Å². The third kappa shape index (κ3) is 9.29. The molecule has 0 rings (SSSR count). The van der Waals surface area contributed by atoms with Crippen molar-refractivity contribution in [3.8, 4) is 0 Å². The molecular formula is C3H2CdO4. The van der Waals surface area contributed by atoms with Crippen molar-refractivity contribution >= 4 is 11.9 Å². The van der Waals surface area contributed by atoms with Crippen LogP contribution in [0.25, 0.3) is 0 Å². The molecule has 0 fully saturated rings. The zero-order chi connectivity index (χ0) is 5.86. The first-order valence-corrected chi connectivity index (χ1v) is 1.52. The summed E-state index contributed by atoms with van der Waals surface area (Å²) in [6.45, 7) is 0. The summed E-state index contributed by atoms with van der Waals surface area (Å²) in [5.74, 6) is -3.25. The molecule has 0 saturated carbocycles. The van der Waals surface area contributed by atoms with E-state index in [1.54, 1.807) is 0 Å². The van der Waals surface area contributed by atoms with Crippen molar-refractivity contribution in [2.75, 3.05) is 0 Å². The van der Waals surface area contributed by atoms with Gasteiger partial charge in [-0.25, -0.2) is 0 Å². The van der Waals surface area contributed by atoms with Crippen LogP contribution in [0, 0.1) is 0 Å². The van der Waals surface area contributed by atoms with E-state index < -0.39 is 18.4 Å². The predicted octanol–water partition coefficient (Wildman–Crippen LogP) is -3.13. The van der Waals surface area contributed by atoms with Crippen molar-refractivity contribution < 1.29 is 47.1 Å². The van der Waals surface area contributed by atoms with Crippen LogP contribution in [0.4, 0.5) is 0 Å². The molecule has 40 valence electrons. The Morgan fingerprint density at radius 2 is 1.38 bits per heavy atom. The summed E-state index contributed by atoms with van der Waals surface area (Å²) in [6.07, 6.45) is -1.03. The Kier molecular flexibility index (Phi) is 6.74. The first-order chi connectivity index (χ1) is 3.13. The van der Waals surface area contributed by atoms with Crippen molar-refractivity contribution in [3.63, 3.8) is 0 Å². The summed E-state index contributed by atoms with van der Waals surface area (Å²) >= 11 is 0. The minimum atomic E-state index is -1.63. The summed E-state index contributed by atoms with van der Waals surface area (Å²) in [6, 6.07) is 0. The van der Waals surface area contributed by atoms with E-state index in [1.807, 2.05) is 0 Å². The number of carbonyl (C=O) groups is 2. The molecule has 0 aliphatic carbocycles. The fourth-order valence-corrected chi connectivity index (χ4v) is 0.118. The Balaban J connectivity index is 0. The maximum absolute atomic E-state index is 9.28. The van der Waals surface area contributed by atoms with E-state index in [9.17, 15) is 19.8 Å². The first kappa shape index (κ1) is 10.8. The van der Waals surface area contributed by atoms with Crippen LogP contribution >= 0.6 is 0 Å². The molecule has 4 nitrogen and oxygen atoms in total. The molecule has 0 atom stereocenters. The molecule has 0 amide bonds. The van der Waals surface area contributed by atoms with E-state index in [0.717, 1.165) is 0 Å². The maximum atomic E-state index is 9.28. The van der Waals surface area contributed by atoms with Crippen LogP contribution in [-0.2, 0) is 36.9 Å². The number of aliphatic carboxylic acids is 2. The minimum Gasteiger partial charge on any atom is -0.550 e. The third-order valence-corrected chi connectivity index (χ3v) is 0.289. The van der Waals surface area contributed by atoms with Gasteiger partial charge in [-0.1, -0.05) is 0 Å². The van der Waals surface area contributed by atoms with E-state index in [2.05, 4.69) is 0 Å². The quantitative estimate of drug-likeness (QED) is 0.360. The van der Waals surface area contributed by atoms with Crippen LogP contribution in [0.15, 0.2) is 0 Å². The van der Waals surface area contributed by atoms with Crippen LogP contribution in [0.2, 0.25) is 0 Å². The first-order valence-electron chi connectivity index (χ1n) is 1.52. The van der Waals surface area contributed by atoms with E-state index in [1.165, 1.54) is 0 Å². The van der Waals surface area contributed by atoms with E-state index in [4.69, 9.17) is 0 Å². The molecule has 0 aliphatic heterocycles. The van der Waals surface area contributed by atoms with Crippen LogP contribution in [0.1, 0.15) is 6.42 Å². The van der Waals surface area contributed by atoms with E-state index in [-0.39, 0.29) is 27.3 Å². The smallest absolute Gasteiger partial charge is 0.550 e. The summed E-state index contributed by atoms with van der Waals surface area (Å²) in [4.78, 5) is 18.6. The van der Waals surface area contributed by atoms with E-state index >= 15 is 0 Å². The molecule has 0 aromatic rings. The zero-order valence-corrected chi connectivity index (χ0v) is 8.08. The molecule has 5 heteroatoms. The summed E-state index contributed by atoms with van der Waals surface area (Å²) in [5.41, 5.74) is 0. The molecule has 0 unspecified atom stereocenters. The zero-order valence-electron chi connectivity index (χ0n) is 4.05. The van der Waals surface area contributed by atoms with Gasteiger partial charge in [-0.2, -0.15) is 0 Å². The second-order valence-corrected chi connectivity index (χ2v) is 0.921. The molecule has 8 heavy (non-hydrogen) atoms. The van der Waals surface area contributed by atoms with Crippen molar-refractivity contribution in [3.05, 3.63) is 0 Å². The molecule has 0 N–H and O–H groups in total. The number of carbonyl (C=O) groups excluding carboxylic acids is 2. The number of rotatable bonds is 2. The molecule has 0 aliphatic rings. The van der Waals surface area contributed by atoms with Crippen LogP contribution in [0.3, 0.4) is 0 Å². The van der Waals surface area contributed by atoms with Gasteiger partial charge in [-0.15, -0.1) is 0 Å². The Morgan fingerprint density at radius 1 is 1.12 bits per heavy atom. The van der Waals surface area contributed by atoms with Gasteiger partial charge in [0.05, 0.1) is 0 Å². The molecule has 0 radical (unpaired) electrons. The molecule has 0 spiro atoms. The average Bonchev–Trinajstić information content (AvgIpc) is 1.27. The van der Waals surface area contributed by atoms with Gasteiger partial charge < -0.3 is 19.8 Å². The van der Waals surface area contributed by atoms with Crippen molar-refractivity contribution in [1.82, 2.24) is 0 Å². The fourth-order valence-electron chi connectivity index (χ4n) is 0.118. The van der Waals surface area contributed by atoms with Gasteiger partial charge in [0.25, 0.3) is 0 Å². The SMILES string of the molecule is O=C([O-])CC(=O)[O-].[Cd+2]. The maximum Gasteiger partial charge on any atom is 2.00 e. The summed E-state index contributed by atoms with van der Waals surface area (Å²) in [5, 5.41) is 18.6. The normalized spacial score (nSPS) is 7.00. The van der Waals surface area contributed by atoms with Crippen LogP contribution in [0.5, 0.6) is 0 Å². The predicted molar refractivity (Wildman–Crippen MR) is 14.6 cm³/mol. The molecular weight excluding hydrogens is 212 g/mol. The second-order valence-electron chi connectivity index (χ2n) is 0.921. The summed E-state index contributed by atoms with van der Waals surface area (Å²) < 4.78 is 0. The Morgan fingerprint density at radius 3 is 1.38 bits per heavy atom. The number of hydrogen-bond donors (Lipinski definition) is 0. The average molecular weight is 214 g/mol. The summed E-state index contributed by atoms with van der Waals surface area (Å²) in [7, 11) is 0. The number of carboxylic acid groups (broad SMARTS) is 2. The van der Waals surface area contributed by atoms with Gasteiger partial charge in [0.15, 0.2) is 0 Å². The topological polar surface area (TPSA) is 80.3 Å². The molecule has 0 aromatic heterocycles. The standard InChI is InChI=1S/C3H4O4.Cd/c4-2(5)1-3(6)7;/h1H2,(H,4,5)(H,6,7);/q;+2/p-2. The van der Waals surface area contributed by atoms with Gasteiger partial charge in [0, 0.05) is 18.4 Å². The largest absolute Gasteiger partial charge is 2.00 e. The fraction of sp³-hybridized carbons (Fsp3) is 0.333. The molecule has 0 heterocycles. The van der Waals surface area contributed by atoms with Gasteiger partial charge in [0.2, 0.25) is 0 Å². The van der Waals surface area contributed by atoms with Crippen molar-refractivity contribution in [2.24, 2.45) is 0 Å². The number of carboxylic acids is 2. The van der Waals surface area contributed by atoms with Crippen LogP contribution in [-0.4, -0.2) is 11.9 Å². The van der Waals surface area contributed by atoms with Gasteiger partial charge in [-0.05, 0) is 0 Å². The monoisotopic (exact) mass is 216 g/mol. The van der Waals surface area contributed by atoms with Crippen molar-refractivity contribution in [2.45, 2.75) is 6.42 Å². The van der Waals surface area contributed by atoms with E-state index in [0.29, 0.717) is 0 Å². The van der Waals surface area contributed by atoms with Gasteiger partial charge >= 0.3 is 27.3 Å². The molecule has 0 saturated heterocycles. The second kappa shape index (κ2) is 5.01. The van der Waals surface area contributed by atoms with Crippen LogP contribution < -0.4 is 10.2 Å². The number of hydrogen-bond acceptors (Lipinski definition) is 4. The molecule has 0 aromatic carbocycles. The third-order valence-electron chi connectivity index (χ3n) is 0.289. The Bertz CT molecular complexity index is 87.5.